The number of carbonyl (C=O) groups excluding carboxylic acids is 1. The number of carbonyl (C=O) groups is 2. The molecule has 148 valence electrons. The zero-order chi connectivity index (χ0) is 19.6. The molecule has 0 bridgehead atoms. The quantitative estimate of drug-likeness (QED) is 0.601. The molecule has 2 N–H and O–H groups in total. The van der Waals surface area contributed by atoms with E-state index in [2.05, 4.69) is 9.46 Å². The summed E-state index contributed by atoms with van der Waals surface area (Å²) in [5.74, 6) is -0.888. The molecule has 0 radical (unpaired) electrons. The van der Waals surface area contributed by atoms with Crippen LogP contribution in [0.15, 0.2) is 29.2 Å². The maximum Gasteiger partial charge on any atom is 0.337 e. The number of carboxylic acid groups (broad SMARTS) is 1. The normalized spacial score (nSPS) is 22.3. The molecule has 0 atom stereocenters. The molecule has 0 unspecified atom stereocenters. The van der Waals surface area contributed by atoms with E-state index >= 15 is 0 Å². The lowest BCUT2D eigenvalue weighted by molar-refractivity contribution is -0.139. The number of rotatable bonds is 9. The largest absolute Gasteiger partial charge is 0.480 e. The lowest BCUT2D eigenvalue weighted by Gasteiger charge is -2.42. The number of aliphatic carboxylic acids is 1. The minimum Gasteiger partial charge on any atom is -0.480 e. The fourth-order valence-corrected chi connectivity index (χ4v) is 4.63. The highest BCUT2D eigenvalue weighted by atomic mass is 32.2. The number of sulfonamides is 1. The van der Waals surface area contributed by atoms with Gasteiger partial charge in [0.1, 0.15) is 0 Å². The van der Waals surface area contributed by atoms with Gasteiger partial charge >= 0.3 is 11.9 Å². The number of benzene rings is 1. The summed E-state index contributed by atoms with van der Waals surface area (Å²) in [4.78, 5) is 24.6. The van der Waals surface area contributed by atoms with E-state index in [1.54, 1.807) is 0 Å². The van der Waals surface area contributed by atoms with E-state index in [1.165, 1.54) is 31.4 Å². The second-order valence-electron chi connectivity index (χ2n) is 7.23. The molecule has 0 saturated heterocycles. The molecule has 0 heterocycles. The van der Waals surface area contributed by atoms with Crippen LogP contribution in [-0.2, 0) is 19.6 Å². The van der Waals surface area contributed by atoms with Crippen LogP contribution in [0.2, 0.25) is 0 Å². The second-order valence-corrected chi connectivity index (χ2v) is 8.94. The Morgan fingerprint density at radius 1 is 1.30 bits per heavy atom. The van der Waals surface area contributed by atoms with Crippen molar-refractivity contribution in [3.05, 3.63) is 29.8 Å². The van der Waals surface area contributed by atoms with Gasteiger partial charge in [0, 0.05) is 18.6 Å². The third-order valence-electron chi connectivity index (χ3n) is 5.04. The lowest BCUT2D eigenvalue weighted by atomic mass is 9.86. The van der Waals surface area contributed by atoms with Crippen LogP contribution in [0.25, 0.3) is 0 Å². The molecule has 8 nitrogen and oxygen atoms in total. The summed E-state index contributed by atoms with van der Waals surface area (Å²) in [6.45, 7) is 0.749. The second kappa shape index (κ2) is 7.95. The highest BCUT2D eigenvalue weighted by Crippen LogP contribution is 2.34. The minimum atomic E-state index is -3.76. The third kappa shape index (κ3) is 5.06. The minimum absolute atomic E-state index is 0.00854. The number of ether oxygens (including phenoxy) is 1. The van der Waals surface area contributed by atoms with E-state index < -0.39 is 22.0 Å². The molecule has 2 saturated carbocycles. The van der Waals surface area contributed by atoms with Crippen LogP contribution in [0.5, 0.6) is 0 Å². The van der Waals surface area contributed by atoms with Crippen LogP contribution in [0.3, 0.4) is 0 Å². The van der Waals surface area contributed by atoms with Crippen LogP contribution in [0.4, 0.5) is 0 Å². The van der Waals surface area contributed by atoms with Crippen LogP contribution < -0.4 is 4.72 Å². The van der Waals surface area contributed by atoms with Gasteiger partial charge in [-0.2, -0.15) is 0 Å². The molecule has 1 aromatic rings. The molecule has 2 aliphatic rings. The fourth-order valence-electron chi connectivity index (χ4n) is 3.33. The zero-order valence-corrected chi connectivity index (χ0v) is 15.9. The van der Waals surface area contributed by atoms with Gasteiger partial charge in [-0.05, 0) is 49.8 Å². The first-order valence-corrected chi connectivity index (χ1v) is 10.4. The Kier molecular flexibility index (Phi) is 5.83. The predicted molar refractivity (Wildman–Crippen MR) is 96.8 cm³/mol. The van der Waals surface area contributed by atoms with Crippen LogP contribution in [0, 0.1) is 5.92 Å². The van der Waals surface area contributed by atoms with E-state index in [4.69, 9.17) is 5.11 Å². The van der Waals surface area contributed by atoms with Gasteiger partial charge in [0.15, 0.2) is 0 Å². The van der Waals surface area contributed by atoms with Crippen molar-refractivity contribution in [2.24, 2.45) is 5.92 Å². The van der Waals surface area contributed by atoms with Crippen molar-refractivity contribution in [2.45, 2.75) is 42.7 Å². The SMILES string of the molecule is COC(=O)c1cccc(S(=O)(=O)NC2CC(N(CC(=O)O)CC3CC3)C2)c1. The van der Waals surface area contributed by atoms with Gasteiger partial charge in [0.05, 0.1) is 24.1 Å². The van der Waals surface area contributed by atoms with Gasteiger partial charge in [0.25, 0.3) is 0 Å². The summed E-state index contributed by atoms with van der Waals surface area (Å²) >= 11 is 0. The van der Waals surface area contributed by atoms with E-state index in [-0.39, 0.29) is 29.1 Å². The standard InChI is InChI=1S/C18H24N2O6S/c1-26-18(23)13-3-2-4-16(7-13)27(24,25)19-14-8-15(9-14)20(11-17(21)22)10-12-5-6-12/h2-4,7,12,14-15,19H,5-6,8-11H2,1H3,(H,21,22). The molecule has 27 heavy (non-hydrogen) atoms. The third-order valence-corrected chi connectivity index (χ3v) is 6.56. The molecule has 0 aromatic heterocycles. The van der Waals surface area contributed by atoms with E-state index in [9.17, 15) is 18.0 Å². The van der Waals surface area contributed by atoms with Gasteiger partial charge in [-0.3, -0.25) is 9.69 Å². The summed E-state index contributed by atoms with van der Waals surface area (Å²) in [6.07, 6.45) is 3.43. The smallest absolute Gasteiger partial charge is 0.337 e. The van der Waals surface area contributed by atoms with Gasteiger partial charge < -0.3 is 9.84 Å². The van der Waals surface area contributed by atoms with Gasteiger partial charge in [-0.1, -0.05) is 6.07 Å². The van der Waals surface area contributed by atoms with Crippen LogP contribution in [-0.4, -0.2) is 62.6 Å². The molecule has 0 spiro atoms. The number of nitrogens with one attached hydrogen (secondary N) is 1. The van der Waals surface area contributed by atoms with Crippen molar-refractivity contribution in [1.82, 2.24) is 9.62 Å². The van der Waals surface area contributed by atoms with E-state index in [0.29, 0.717) is 18.8 Å². The molecule has 2 fully saturated rings. The first-order chi connectivity index (χ1) is 12.8. The summed E-state index contributed by atoms with van der Waals surface area (Å²) in [7, 11) is -2.52. The first kappa shape index (κ1) is 19.8. The summed E-state index contributed by atoms with van der Waals surface area (Å²) in [5, 5.41) is 9.09. The van der Waals surface area contributed by atoms with Crippen molar-refractivity contribution in [2.75, 3.05) is 20.2 Å². The average molecular weight is 396 g/mol. The molecule has 0 amide bonds. The number of methoxy groups -OCH3 is 1. The number of nitrogens with zero attached hydrogens (tertiary/aromatic N) is 1. The van der Waals surface area contributed by atoms with Gasteiger partial charge in [0.2, 0.25) is 10.0 Å². The molecule has 2 aliphatic carbocycles. The summed E-state index contributed by atoms with van der Waals surface area (Å²) < 4.78 is 32.4. The maximum atomic E-state index is 12.6. The van der Waals surface area contributed by atoms with Crippen molar-refractivity contribution in [1.29, 1.82) is 0 Å². The molecule has 1 aromatic carbocycles. The van der Waals surface area contributed by atoms with Crippen molar-refractivity contribution in [3.63, 3.8) is 0 Å². The molecular weight excluding hydrogens is 372 g/mol. The number of carboxylic acids is 1. The molecule has 3 rings (SSSR count). The Bertz CT molecular complexity index is 815. The van der Waals surface area contributed by atoms with Gasteiger partial charge in [-0.15, -0.1) is 0 Å². The number of esters is 1. The summed E-state index contributed by atoms with van der Waals surface area (Å²) in [5.41, 5.74) is 0.170. The highest BCUT2D eigenvalue weighted by Gasteiger charge is 2.38. The Hall–Kier alpha value is -1.97. The predicted octanol–water partition coefficient (Wildman–Crippen LogP) is 1.08. The van der Waals surface area contributed by atoms with Crippen molar-refractivity contribution in [3.8, 4) is 0 Å². The maximum absolute atomic E-state index is 12.6. The first-order valence-electron chi connectivity index (χ1n) is 8.95. The lowest BCUT2D eigenvalue weighted by Crippen LogP contribution is -2.55. The molecular formula is C18H24N2O6S. The number of hydrogen-bond donors (Lipinski definition) is 2. The van der Waals surface area contributed by atoms with E-state index in [1.807, 2.05) is 4.90 Å². The fraction of sp³-hybridized carbons (Fsp3) is 0.556. The monoisotopic (exact) mass is 396 g/mol. The Morgan fingerprint density at radius 3 is 2.59 bits per heavy atom. The average Bonchev–Trinajstić information content (AvgIpc) is 3.40. The van der Waals surface area contributed by atoms with E-state index in [0.717, 1.165) is 19.4 Å². The van der Waals surface area contributed by atoms with Crippen molar-refractivity contribution >= 4 is 22.0 Å². The zero-order valence-electron chi connectivity index (χ0n) is 15.1. The summed E-state index contributed by atoms with van der Waals surface area (Å²) in [6, 6.07) is 5.54. The van der Waals surface area contributed by atoms with Crippen LogP contribution >= 0.6 is 0 Å². The van der Waals surface area contributed by atoms with Crippen molar-refractivity contribution < 1.29 is 27.9 Å². The number of hydrogen-bond acceptors (Lipinski definition) is 6. The Morgan fingerprint density at radius 2 is 2.00 bits per heavy atom. The topological polar surface area (TPSA) is 113 Å². The molecule has 9 heteroatoms. The Labute approximate surface area is 158 Å². The highest BCUT2D eigenvalue weighted by molar-refractivity contribution is 7.89. The van der Waals surface area contributed by atoms with Gasteiger partial charge in [-0.25, -0.2) is 17.9 Å². The Balaban J connectivity index is 1.59. The molecule has 0 aliphatic heterocycles. The van der Waals surface area contributed by atoms with Crippen LogP contribution in [0.1, 0.15) is 36.0 Å².